The molecule has 1 atom stereocenters. The summed E-state index contributed by atoms with van der Waals surface area (Å²) in [7, 11) is 1.80. The van der Waals surface area contributed by atoms with Crippen LogP contribution in [0.25, 0.3) is 0 Å². The highest BCUT2D eigenvalue weighted by atomic mass is 16.5. The molecule has 1 aromatic rings. The summed E-state index contributed by atoms with van der Waals surface area (Å²) < 4.78 is 12.1. The van der Waals surface area contributed by atoms with Crippen LogP contribution in [0.1, 0.15) is 23.0 Å². The summed E-state index contributed by atoms with van der Waals surface area (Å²) >= 11 is 0. The van der Waals surface area contributed by atoms with Gasteiger partial charge in [-0.3, -0.25) is 9.58 Å². The van der Waals surface area contributed by atoms with Crippen LogP contribution in [0.3, 0.4) is 0 Å². The molecule has 20 heavy (non-hydrogen) atoms. The Balaban J connectivity index is 2.15. The standard InChI is InChI=1S/C13H21N3O4/c1-3-20-13(18)11-6-14-15(2)12(11)7-16-4-5-19-9-10(16)8-17/h6,10,17H,3-5,7-9H2,1-2H3. The van der Waals surface area contributed by atoms with Crippen LogP contribution >= 0.6 is 0 Å². The van der Waals surface area contributed by atoms with E-state index in [0.29, 0.717) is 31.9 Å². The van der Waals surface area contributed by atoms with Crippen LogP contribution in [-0.4, -0.2) is 64.8 Å². The van der Waals surface area contributed by atoms with Gasteiger partial charge in [-0.05, 0) is 6.92 Å². The summed E-state index contributed by atoms with van der Waals surface area (Å²) in [6, 6.07) is -0.0475. The summed E-state index contributed by atoms with van der Waals surface area (Å²) in [4.78, 5) is 14.0. The van der Waals surface area contributed by atoms with Crippen molar-refractivity contribution in [3.8, 4) is 0 Å². The fourth-order valence-corrected chi connectivity index (χ4v) is 2.29. The predicted molar refractivity (Wildman–Crippen MR) is 71.3 cm³/mol. The number of hydrogen-bond acceptors (Lipinski definition) is 6. The van der Waals surface area contributed by atoms with E-state index in [0.717, 1.165) is 12.2 Å². The van der Waals surface area contributed by atoms with Gasteiger partial charge >= 0.3 is 5.97 Å². The Labute approximate surface area is 118 Å². The van der Waals surface area contributed by atoms with Gasteiger partial charge in [0.05, 0.1) is 44.4 Å². The molecule has 7 nitrogen and oxygen atoms in total. The van der Waals surface area contributed by atoms with Gasteiger partial charge in [0.25, 0.3) is 0 Å². The molecule has 1 N–H and O–H groups in total. The average Bonchev–Trinajstić information content (AvgIpc) is 2.81. The number of aliphatic hydroxyl groups is 1. The van der Waals surface area contributed by atoms with E-state index in [1.54, 1.807) is 18.7 Å². The number of aryl methyl sites for hydroxylation is 1. The lowest BCUT2D eigenvalue weighted by atomic mass is 10.2. The second-order valence-corrected chi connectivity index (χ2v) is 4.73. The van der Waals surface area contributed by atoms with Crippen LogP contribution in [0.5, 0.6) is 0 Å². The number of morpholine rings is 1. The monoisotopic (exact) mass is 283 g/mol. The molecule has 1 aliphatic heterocycles. The van der Waals surface area contributed by atoms with E-state index in [1.807, 2.05) is 0 Å². The number of aliphatic hydroxyl groups excluding tert-OH is 1. The Morgan fingerprint density at radius 2 is 2.45 bits per heavy atom. The molecule has 1 aromatic heterocycles. The first-order valence-corrected chi connectivity index (χ1v) is 6.78. The van der Waals surface area contributed by atoms with Gasteiger partial charge in [-0.25, -0.2) is 4.79 Å². The Morgan fingerprint density at radius 1 is 1.65 bits per heavy atom. The Hall–Kier alpha value is -1.44. The highest BCUT2D eigenvalue weighted by molar-refractivity contribution is 5.90. The largest absolute Gasteiger partial charge is 0.462 e. The summed E-state index contributed by atoms with van der Waals surface area (Å²) in [5.41, 5.74) is 1.28. The normalized spacial score (nSPS) is 20.1. The molecule has 1 aliphatic rings. The molecule has 1 fully saturated rings. The zero-order chi connectivity index (χ0) is 14.5. The molecule has 0 aromatic carbocycles. The smallest absolute Gasteiger partial charge is 0.341 e. The number of esters is 1. The molecule has 1 saturated heterocycles. The topological polar surface area (TPSA) is 76.8 Å². The first kappa shape index (κ1) is 15.0. The van der Waals surface area contributed by atoms with E-state index in [4.69, 9.17) is 9.47 Å². The van der Waals surface area contributed by atoms with Crippen LogP contribution in [-0.2, 0) is 23.1 Å². The molecule has 1 unspecified atom stereocenters. The van der Waals surface area contributed by atoms with E-state index < -0.39 is 0 Å². The Morgan fingerprint density at radius 3 is 3.15 bits per heavy atom. The number of aromatic nitrogens is 2. The molecule has 0 bridgehead atoms. The van der Waals surface area contributed by atoms with Gasteiger partial charge in [0, 0.05) is 20.1 Å². The third-order valence-electron chi connectivity index (χ3n) is 3.47. The third kappa shape index (κ3) is 3.17. The molecular weight excluding hydrogens is 262 g/mol. The highest BCUT2D eigenvalue weighted by Gasteiger charge is 2.26. The van der Waals surface area contributed by atoms with Crippen molar-refractivity contribution in [2.75, 3.05) is 33.0 Å². The maximum atomic E-state index is 11.9. The number of carbonyl (C=O) groups excluding carboxylic acids is 1. The fraction of sp³-hybridized carbons (Fsp3) is 0.692. The first-order chi connectivity index (χ1) is 9.67. The Kier molecular flexibility index (Phi) is 5.11. The number of ether oxygens (including phenoxy) is 2. The molecule has 2 rings (SSSR count). The van der Waals surface area contributed by atoms with E-state index >= 15 is 0 Å². The summed E-state index contributed by atoms with van der Waals surface area (Å²) in [6.45, 7) is 4.54. The first-order valence-electron chi connectivity index (χ1n) is 6.78. The minimum Gasteiger partial charge on any atom is -0.462 e. The fourth-order valence-electron chi connectivity index (χ4n) is 2.29. The van der Waals surface area contributed by atoms with Crippen molar-refractivity contribution in [3.05, 3.63) is 17.5 Å². The minimum absolute atomic E-state index is 0.0343. The van der Waals surface area contributed by atoms with E-state index in [1.165, 1.54) is 6.20 Å². The molecule has 2 heterocycles. The highest BCUT2D eigenvalue weighted by Crippen LogP contribution is 2.16. The minimum atomic E-state index is -0.357. The van der Waals surface area contributed by atoms with Crippen molar-refractivity contribution in [1.29, 1.82) is 0 Å². The van der Waals surface area contributed by atoms with Crippen molar-refractivity contribution in [1.82, 2.24) is 14.7 Å². The van der Waals surface area contributed by atoms with Gasteiger partial charge in [0.15, 0.2) is 0 Å². The maximum absolute atomic E-state index is 11.9. The van der Waals surface area contributed by atoms with Crippen LogP contribution in [0.4, 0.5) is 0 Å². The van der Waals surface area contributed by atoms with Crippen LogP contribution in [0, 0.1) is 0 Å². The van der Waals surface area contributed by atoms with Crippen molar-refractivity contribution in [2.45, 2.75) is 19.5 Å². The van der Waals surface area contributed by atoms with Gasteiger partial charge in [0.1, 0.15) is 5.56 Å². The molecule has 112 valence electrons. The lowest BCUT2D eigenvalue weighted by Crippen LogP contribution is -2.47. The molecular formula is C13H21N3O4. The van der Waals surface area contributed by atoms with E-state index in [2.05, 4.69) is 10.00 Å². The summed E-state index contributed by atoms with van der Waals surface area (Å²) in [6.07, 6.45) is 1.53. The zero-order valence-electron chi connectivity index (χ0n) is 11.9. The molecule has 0 amide bonds. The Bertz CT molecular complexity index is 460. The maximum Gasteiger partial charge on any atom is 0.341 e. The second kappa shape index (κ2) is 6.83. The number of carbonyl (C=O) groups is 1. The van der Waals surface area contributed by atoms with Gasteiger partial charge in [0.2, 0.25) is 0 Å². The van der Waals surface area contributed by atoms with Gasteiger partial charge in [-0.2, -0.15) is 5.10 Å². The lowest BCUT2D eigenvalue weighted by molar-refractivity contribution is -0.0322. The van der Waals surface area contributed by atoms with Crippen molar-refractivity contribution >= 4 is 5.97 Å². The quantitative estimate of drug-likeness (QED) is 0.754. The SMILES string of the molecule is CCOC(=O)c1cnn(C)c1CN1CCOCC1CO. The van der Waals surface area contributed by atoms with Crippen molar-refractivity contribution in [2.24, 2.45) is 7.05 Å². The predicted octanol–water partition coefficient (Wildman–Crippen LogP) is -0.210. The van der Waals surface area contributed by atoms with Crippen LogP contribution < -0.4 is 0 Å². The number of nitrogens with zero attached hydrogens (tertiary/aromatic N) is 3. The van der Waals surface area contributed by atoms with Crippen molar-refractivity contribution in [3.63, 3.8) is 0 Å². The average molecular weight is 283 g/mol. The summed E-state index contributed by atoms with van der Waals surface area (Å²) in [5, 5.41) is 13.5. The summed E-state index contributed by atoms with van der Waals surface area (Å²) in [5.74, 6) is -0.357. The van der Waals surface area contributed by atoms with Crippen molar-refractivity contribution < 1.29 is 19.4 Å². The molecule has 0 radical (unpaired) electrons. The number of hydrogen-bond donors (Lipinski definition) is 1. The van der Waals surface area contributed by atoms with Crippen LogP contribution in [0.15, 0.2) is 6.20 Å². The van der Waals surface area contributed by atoms with Crippen LogP contribution in [0.2, 0.25) is 0 Å². The lowest BCUT2D eigenvalue weighted by Gasteiger charge is -2.34. The third-order valence-corrected chi connectivity index (χ3v) is 3.47. The second-order valence-electron chi connectivity index (χ2n) is 4.73. The number of rotatable bonds is 5. The van der Waals surface area contributed by atoms with Gasteiger partial charge < -0.3 is 14.6 Å². The van der Waals surface area contributed by atoms with E-state index in [-0.39, 0.29) is 18.6 Å². The molecule has 0 aliphatic carbocycles. The molecule has 0 spiro atoms. The molecule has 7 heteroatoms. The van der Waals surface area contributed by atoms with E-state index in [9.17, 15) is 9.90 Å². The zero-order valence-corrected chi connectivity index (χ0v) is 11.9. The van der Waals surface area contributed by atoms with Gasteiger partial charge in [-0.1, -0.05) is 0 Å². The van der Waals surface area contributed by atoms with Gasteiger partial charge in [-0.15, -0.1) is 0 Å². The molecule has 0 saturated carbocycles.